The van der Waals surface area contributed by atoms with Crippen LogP contribution >= 0.6 is 0 Å². The highest BCUT2D eigenvalue weighted by molar-refractivity contribution is 6.06. The summed E-state index contributed by atoms with van der Waals surface area (Å²) in [5.41, 5.74) is 2.53. The van der Waals surface area contributed by atoms with Gasteiger partial charge >= 0.3 is 0 Å². The lowest BCUT2D eigenvalue weighted by atomic mass is 10.1. The first-order valence-electron chi connectivity index (χ1n) is 7.28. The van der Waals surface area contributed by atoms with Gasteiger partial charge in [-0.1, -0.05) is 24.3 Å². The van der Waals surface area contributed by atoms with E-state index in [9.17, 15) is 4.79 Å². The normalized spacial score (nSPS) is 10.5. The van der Waals surface area contributed by atoms with Crippen LogP contribution in [0.15, 0.2) is 48.7 Å². The van der Waals surface area contributed by atoms with Gasteiger partial charge in [0.15, 0.2) is 11.5 Å². The number of nitrogens with one attached hydrogen (secondary N) is 2. The minimum Gasteiger partial charge on any atom is -0.493 e. The van der Waals surface area contributed by atoms with E-state index in [2.05, 4.69) is 10.3 Å². The number of hydrogen-bond acceptors (Lipinski definition) is 3. The van der Waals surface area contributed by atoms with Gasteiger partial charge in [0.2, 0.25) is 0 Å². The Kier molecular flexibility index (Phi) is 4.19. The number of carbonyl (C=O) groups is 1. The summed E-state index contributed by atoms with van der Waals surface area (Å²) in [6.07, 6.45) is 1.73. The van der Waals surface area contributed by atoms with Crippen LogP contribution in [-0.2, 0) is 6.54 Å². The van der Waals surface area contributed by atoms with Gasteiger partial charge in [0.1, 0.15) is 0 Å². The molecular formula is C18H18N2O3. The molecule has 0 aliphatic heterocycles. The summed E-state index contributed by atoms with van der Waals surface area (Å²) in [5.74, 6) is 1.20. The number of amides is 1. The third kappa shape index (κ3) is 2.99. The molecule has 1 heterocycles. The molecule has 0 aliphatic carbocycles. The molecule has 0 atom stereocenters. The molecule has 5 nitrogen and oxygen atoms in total. The molecule has 2 aromatic carbocycles. The molecular weight excluding hydrogens is 292 g/mol. The fourth-order valence-corrected chi connectivity index (χ4v) is 2.53. The number of ether oxygens (including phenoxy) is 2. The largest absolute Gasteiger partial charge is 0.493 e. The molecule has 0 saturated heterocycles. The Bertz CT molecular complexity index is 839. The molecule has 2 N–H and O–H groups in total. The van der Waals surface area contributed by atoms with Crippen LogP contribution in [0.4, 0.5) is 0 Å². The molecule has 0 saturated carbocycles. The number of para-hydroxylation sites is 1. The van der Waals surface area contributed by atoms with Crippen molar-refractivity contribution in [3.8, 4) is 11.5 Å². The maximum atomic E-state index is 12.4. The average Bonchev–Trinajstić information content (AvgIpc) is 3.03. The van der Waals surface area contributed by atoms with Gasteiger partial charge in [-0.15, -0.1) is 0 Å². The van der Waals surface area contributed by atoms with E-state index in [1.807, 2.05) is 42.5 Å². The molecule has 0 radical (unpaired) electrons. The molecule has 0 unspecified atom stereocenters. The predicted octanol–water partition coefficient (Wildman–Crippen LogP) is 3.12. The highest BCUT2D eigenvalue weighted by Crippen LogP contribution is 2.27. The van der Waals surface area contributed by atoms with Crippen LogP contribution in [0.25, 0.3) is 10.9 Å². The van der Waals surface area contributed by atoms with E-state index in [0.717, 1.165) is 16.5 Å². The molecule has 0 bridgehead atoms. The lowest BCUT2D eigenvalue weighted by molar-refractivity contribution is 0.0952. The van der Waals surface area contributed by atoms with E-state index >= 15 is 0 Å². The molecule has 5 heteroatoms. The highest BCUT2D eigenvalue weighted by atomic mass is 16.5. The van der Waals surface area contributed by atoms with Crippen molar-refractivity contribution in [1.29, 1.82) is 0 Å². The molecule has 0 spiro atoms. The number of rotatable bonds is 5. The van der Waals surface area contributed by atoms with E-state index in [1.54, 1.807) is 20.4 Å². The maximum absolute atomic E-state index is 12.4. The van der Waals surface area contributed by atoms with Crippen LogP contribution in [0.3, 0.4) is 0 Å². The van der Waals surface area contributed by atoms with Crippen molar-refractivity contribution >= 4 is 16.8 Å². The Morgan fingerprint density at radius 1 is 1.09 bits per heavy atom. The van der Waals surface area contributed by atoms with E-state index in [1.165, 1.54) is 0 Å². The van der Waals surface area contributed by atoms with E-state index in [0.29, 0.717) is 23.6 Å². The van der Waals surface area contributed by atoms with Crippen molar-refractivity contribution in [1.82, 2.24) is 10.3 Å². The van der Waals surface area contributed by atoms with Crippen molar-refractivity contribution in [2.75, 3.05) is 14.2 Å². The number of benzene rings is 2. The quantitative estimate of drug-likeness (QED) is 0.761. The molecule has 23 heavy (non-hydrogen) atoms. The molecule has 1 amide bonds. The Morgan fingerprint density at radius 3 is 2.65 bits per heavy atom. The van der Waals surface area contributed by atoms with Gasteiger partial charge in [0.25, 0.3) is 5.91 Å². The summed E-state index contributed by atoms with van der Waals surface area (Å²) in [5, 5.41) is 3.84. The fourth-order valence-electron chi connectivity index (χ4n) is 2.53. The number of H-pyrrole nitrogens is 1. The monoisotopic (exact) mass is 310 g/mol. The van der Waals surface area contributed by atoms with Gasteiger partial charge in [0.05, 0.1) is 19.8 Å². The molecule has 118 valence electrons. The standard InChI is InChI=1S/C18H18N2O3/c1-22-16-8-7-12(9-17(16)23-2)10-20-18(21)14-11-19-15-6-4-3-5-13(14)15/h3-9,11,19H,10H2,1-2H3,(H,20,21). The second-order valence-electron chi connectivity index (χ2n) is 5.12. The first kappa shape index (κ1) is 15.0. The van der Waals surface area contributed by atoms with E-state index < -0.39 is 0 Å². The van der Waals surface area contributed by atoms with E-state index in [-0.39, 0.29) is 5.91 Å². The minimum absolute atomic E-state index is 0.114. The summed E-state index contributed by atoms with van der Waals surface area (Å²) in [4.78, 5) is 15.5. The minimum atomic E-state index is -0.114. The topological polar surface area (TPSA) is 63.3 Å². The Hall–Kier alpha value is -2.95. The van der Waals surface area contributed by atoms with Gasteiger partial charge in [0, 0.05) is 23.6 Å². The summed E-state index contributed by atoms with van der Waals surface area (Å²) in [7, 11) is 3.18. The smallest absolute Gasteiger partial charge is 0.253 e. The highest BCUT2D eigenvalue weighted by Gasteiger charge is 2.12. The third-order valence-electron chi connectivity index (χ3n) is 3.73. The number of aromatic amines is 1. The van der Waals surface area contributed by atoms with Crippen molar-refractivity contribution in [2.24, 2.45) is 0 Å². The molecule has 1 aromatic heterocycles. The SMILES string of the molecule is COc1ccc(CNC(=O)c2c[nH]c3ccccc23)cc1OC. The van der Waals surface area contributed by atoms with Crippen molar-refractivity contribution in [3.63, 3.8) is 0 Å². The lowest BCUT2D eigenvalue weighted by Crippen LogP contribution is -2.22. The van der Waals surface area contributed by atoms with Crippen molar-refractivity contribution < 1.29 is 14.3 Å². The second-order valence-corrected chi connectivity index (χ2v) is 5.12. The summed E-state index contributed by atoms with van der Waals surface area (Å²) < 4.78 is 10.5. The molecule has 0 aliphatic rings. The maximum Gasteiger partial charge on any atom is 0.253 e. The Balaban J connectivity index is 1.74. The zero-order valence-corrected chi connectivity index (χ0v) is 13.1. The van der Waals surface area contributed by atoms with E-state index in [4.69, 9.17) is 9.47 Å². The number of methoxy groups -OCH3 is 2. The average molecular weight is 310 g/mol. The van der Waals surface area contributed by atoms with Crippen LogP contribution in [0.1, 0.15) is 15.9 Å². The van der Waals surface area contributed by atoms with Gasteiger partial charge < -0.3 is 19.8 Å². The Morgan fingerprint density at radius 2 is 1.87 bits per heavy atom. The van der Waals surface area contributed by atoms with Crippen molar-refractivity contribution in [2.45, 2.75) is 6.54 Å². The van der Waals surface area contributed by atoms with Gasteiger partial charge in [-0.2, -0.15) is 0 Å². The zero-order chi connectivity index (χ0) is 16.2. The fraction of sp³-hybridized carbons (Fsp3) is 0.167. The predicted molar refractivity (Wildman–Crippen MR) is 89.0 cm³/mol. The number of aromatic nitrogens is 1. The molecule has 3 aromatic rings. The zero-order valence-electron chi connectivity index (χ0n) is 13.1. The van der Waals surface area contributed by atoms with Crippen molar-refractivity contribution in [3.05, 3.63) is 59.8 Å². The number of hydrogen-bond donors (Lipinski definition) is 2. The Labute approximate surface area is 134 Å². The third-order valence-corrected chi connectivity index (χ3v) is 3.73. The van der Waals surface area contributed by atoms with Gasteiger partial charge in [-0.3, -0.25) is 4.79 Å². The number of fused-ring (bicyclic) bond motifs is 1. The van der Waals surface area contributed by atoms with Crippen LogP contribution in [0.2, 0.25) is 0 Å². The first-order valence-corrected chi connectivity index (χ1v) is 7.28. The van der Waals surface area contributed by atoms with Crippen LogP contribution in [-0.4, -0.2) is 25.1 Å². The second kappa shape index (κ2) is 6.44. The van der Waals surface area contributed by atoms with Crippen LogP contribution in [0, 0.1) is 0 Å². The molecule has 3 rings (SSSR count). The summed E-state index contributed by atoms with van der Waals surface area (Å²) in [6.45, 7) is 0.415. The first-order chi connectivity index (χ1) is 11.2. The van der Waals surface area contributed by atoms with Gasteiger partial charge in [-0.05, 0) is 23.8 Å². The summed E-state index contributed by atoms with van der Waals surface area (Å²) >= 11 is 0. The lowest BCUT2D eigenvalue weighted by Gasteiger charge is -2.10. The van der Waals surface area contributed by atoms with Crippen LogP contribution < -0.4 is 14.8 Å². The summed E-state index contributed by atoms with van der Waals surface area (Å²) in [6, 6.07) is 13.3. The van der Waals surface area contributed by atoms with Crippen LogP contribution in [0.5, 0.6) is 11.5 Å². The molecule has 0 fully saturated rings. The number of carbonyl (C=O) groups excluding carboxylic acids is 1. The van der Waals surface area contributed by atoms with Gasteiger partial charge in [-0.25, -0.2) is 0 Å².